The van der Waals surface area contributed by atoms with Crippen LogP contribution in [0.15, 0.2) is 36.4 Å². The quantitative estimate of drug-likeness (QED) is 0.501. The normalized spacial score (nSPS) is 12.2. The molecule has 0 spiro atoms. The first-order chi connectivity index (χ1) is 9.39. The standard InChI is InChI=1S/C19H21N/c1-12-8-6-10-14-16(12)18(19(3,4)5)17-13(2)9-7-11-15(17)20-14/h6-11H,1-5H3. The molecule has 0 aliphatic carbocycles. The molecule has 0 saturated carbocycles. The van der Waals surface area contributed by atoms with Crippen molar-refractivity contribution < 1.29 is 0 Å². The Labute approximate surface area is 120 Å². The molecule has 0 aliphatic heterocycles. The van der Waals surface area contributed by atoms with Crippen molar-refractivity contribution in [3.8, 4) is 0 Å². The van der Waals surface area contributed by atoms with Crippen LogP contribution in [0.3, 0.4) is 0 Å². The first-order valence-electron chi connectivity index (χ1n) is 7.19. The van der Waals surface area contributed by atoms with E-state index in [0.717, 1.165) is 11.0 Å². The van der Waals surface area contributed by atoms with Gasteiger partial charge in [0, 0.05) is 10.8 Å². The maximum Gasteiger partial charge on any atom is 0.0715 e. The van der Waals surface area contributed by atoms with Gasteiger partial charge in [-0.2, -0.15) is 0 Å². The lowest BCUT2D eigenvalue weighted by Crippen LogP contribution is -2.14. The maximum absolute atomic E-state index is 4.87. The molecule has 0 amide bonds. The summed E-state index contributed by atoms with van der Waals surface area (Å²) in [5.41, 5.74) is 6.35. The predicted molar refractivity (Wildman–Crippen MR) is 87.4 cm³/mol. The molecule has 1 heterocycles. The van der Waals surface area contributed by atoms with Crippen LogP contribution in [0.1, 0.15) is 37.5 Å². The predicted octanol–water partition coefficient (Wildman–Crippen LogP) is 5.30. The first kappa shape index (κ1) is 13.1. The summed E-state index contributed by atoms with van der Waals surface area (Å²) in [4.78, 5) is 4.87. The lowest BCUT2D eigenvalue weighted by Gasteiger charge is -2.25. The fourth-order valence-electron chi connectivity index (χ4n) is 3.15. The Hall–Kier alpha value is -1.89. The van der Waals surface area contributed by atoms with Gasteiger partial charge in [-0.05, 0) is 48.1 Å². The Kier molecular flexibility index (Phi) is 2.82. The highest BCUT2D eigenvalue weighted by molar-refractivity contribution is 6.01. The van der Waals surface area contributed by atoms with Gasteiger partial charge in [-0.25, -0.2) is 4.98 Å². The minimum absolute atomic E-state index is 0.0949. The minimum Gasteiger partial charge on any atom is -0.248 e. The summed E-state index contributed by atoms with van der Waals surface area (Å²) in [5.74, 6) is 0. The maximum atomic E-state index is 4.87. The number of rotatable bonds is 0. The highest BCUT2D eigenvalue weighted by atomic mass is 14.7. The van der Waals surface area contributed by atoms with Crippen LogP contribution >= 0.6 is 0 Å². The third-order valence-electron chi connectivity index (χ3n) is 3.99. The summed E-state index contributed by atoms with van der Waals surface area (Å²) >= 11 is 0. The van der Waals surface area contributed by atoms with Gasteiger partial charge in [0.2, 0.25) is 0 Å². The number of hydrogen-bond donors (Lipinski definition) is 0. The second kappa shape index (κ2) is 4.31. The largest absolute Gasteiger partial charge is 0.248 e. The molecule has 1 aromatic heterocycles. The van der Waals surface area contributed by atoms with E-state index in [0.29, 0.717) is 0 Å². The molecule has 0 fully saturated rings. The van der Waals surface area contributed by atoms with Gasteiger partial charge in [-0.15, -0.1) is 0 Å². The van der Waals surface area contributed by atoms with Crippen molar-refractivity contribution >= 4 is 21.8 Å². The molecule has 1 nitrogen and oxygen atoms in total. The monoisotopic (exact) mass is 263 g/mol. The lowest BCUT2D eigenvalue weighted by molar-refractivity contribution is 0.600. The van der Waals surface area contributed by atoms with Gasteiger partial charge in [-0.1, -0.05) is 45.0 Å². The van der Waals surface area contributed by atoms with E-state index in [4.69, 9.17) is 4.98 Å². The van der Waals surface area contributed by atoms with Gasteiger partial charge in [0.25, 0.3) is 0 Å². The van der Waals surface area contributed by atoms with E-state index >= 15 is 0 Å². The van der Waals surface area contributed by atoms with Crippen molar-refractivity contribution in [2.45, 2.75) is 40.0 Å². The fraction of sp³-hybridized carbons (Fsp3) is 0.316. The average Bonchev–Trinajstić information content (AvgIpc) is 2.36. The molecular formula is C19H21N. The van der Waals surface area contributed by atoms with E-state index in [2.05, 4.69) is 71.0 Å². The van der Waals surface area contributed by atoms with Crippen molar-refractivity contribution in [1.82, 2.24) is 4.98 Å². The van der Waals surface area contributed by atoms with Crippen LogP contribution < -0.4 is 0 Å². The zero-order valence-corrected chi connectivity index (χ0v) is 12.9. The molecule has 0 bridgehead atoms. The van der Waals surface area contributed by atoms with Gasteiger partial charge >= 0.3 is 0 Å². The number of aromatic nitrogens is 1. The second-order valence-electron chi connectivity index (χ2n) is 6.67. The summed E-state index contributed by atoms with van der Waals surface area (Å²) in [7, 11) is 0. The van der Waals surface area contributed by atoms with E-state index in [-0.39, 0.29) is 5.41 Å². The Balaban J connectivity index is 2.67. The third-order valence-corrected chi connectivity index (χ3v) is 3.99. The molecule has 3 rings (SSSR count). The van der Waals surface area contributed by atoms with E-state index in [1.165, 1.54) is 27.5 Å². The molecule has 0 radical (unpaired) electrons. The first-order valence-corrected chi connectivity index (χ1v) is 7.19. The highest BCUT2D eigenvalue weighted by Crippen LogP contribution is 2.38. The Morgan fingerprint density at radius 1 is 0.750 bits per heavy atom. The number of fused-ring (bicyclic) bond motifs is 2. The molecule has 0 atom stereocenters. The van der Waals surface area contributed by atoms with Crippen LogP contribution in [0, 0.1) is 13.8 Å². The van der Waals surface area contributed by atoms with Crippen molar-refractivity contribution in [3.63, 3.8) is 0 Å². The second-order valence-corrected chi connectivity index (χ2v) is 6.67. The molecule has 1 heteroatoms. The Morgan fingerprint density at radius 2 is 1.20 bits per heavy atom. The summed E-state index contributed by atoms with van der Waals surface area (Å²) in [6, 6.07) is 12.8. The van der Waals surface area contributed by atoms with E-state index in [9.17, 15) is 0 Å². The smallest absolute Gasteiger partial charge is 0.0715 e. The summed E-state index contributed by atoms with van der Waals surface area (Å²) in [6.45, 7) is 11.2. The number of pyridine rings is 1. The minimum atomic E-state index is 0.0949. The number of aryl methyl sites for hydroxylation is 2. The van der Waals surface area contributed by atoms with Crippen LogP contribution in [-0.4, -0.2) is 4.98 Å². The molecule has 0 aliphatic rings. The van der Waals surface area contributed by atoms with Crippen molar-refractivity contribution in [1.29, 1.82) is 0 Å². The van der Waals surface area contributed by atoms with Crippen LogP contribution in [0.2, 0.25) is 0 Å². The van der Waals surface area contributed by atoms with E-state index in [1.54, 1.807) is 0 Å². The van der Waals surface area contributed by atoms with Gasteiger partial charge < -0.3 is 0 Å². The summed E-state index contributed by atoms with van der Waals surface area (Å²) in [5, 5.41) is 2.64. The Morgan fingerprint density at radius 3 is 1.60 bits per heavy atom. The Bertz CT molecular complexity index is 747. The van der Waals surface area contributed by atoms with Crippen LogP contribution in [-0.2, 0) is 5.41 Å². The molecule has 3 aromatic rings. The summed E-state index contributed by atoms with van der Waals surface area (Å²) < 4.78 is 0. The van der Waals surface area contributed by atoms with Crippen molar-refractivity contribution in [3.05, 3.63) is 53.1 Å². The fourth-order valence-corrected chi connectivity index (χ4v) is 3.15. The molecule has 0 N–H and O–H groups in total. The van der Waals surface area contributed by atoms with Crippen molar-refractivity contribution in [2.75, 3.05) is 0 Å². The van der Waals surface area contributed by atoms with Gasteiger partial charge in [0.05, 0.1) is 11.0 Å². The van der Waals surface area contributed by atoms with E-state index in [1.807, 2.05) is 0 Å². The molecule has 0 saturated heterocycles. The number of benzene rings is 2. The highest BCUT2D eigenvalue weighted by Gasteiger charge is 2.22. The van der Waals surface area contributed by atoms with Gasteiger partial charge in [0.1, 0.15) is 0 Å². The van der Waals surface area contributed by atoms with E-state index < -0.39 is 0 Å². The van der Waals surface area contributed by atoms with Crippen LogP contribution in [0.25, 0.3) is 21.8 Å². The molecule has 102 valence electrons. The SMILES string of the molecule is Cc1cccc2nc3cccc(C)c3c(C(C)(C)C)c12. The number of hydrogen-bond acceptors (Lipinski definition) is 1. The number of nitrogens with zero attached hydrogens (tertiary/aromatic N) is 1. The van der Waals surface area contributed by atoms with Gasteiger partial charge in [0.15, 0.2) is 0 Å². The van der Waals surface area contributed by atoms with Crippen molar-refractivity contribution in [2.24, 2.45) is 0 Å². The molecule has 2 aromatic carbocycles. The van der Waals surface area contributed by atoms with Crippen LogP contribution in [0.5, 0.6) is 0 Å². The average molecular weight is 263 g/mol. The zero-order valence-electron chi connectivity index (χ0n) is 12.9. The van der Waals surface area contributed by atoms with Crippen LogP contribution in [0.4, 0.5) is 0 Å². The summed E-state index contributed by atoms with van der Waals surface area (Å²) in [6.07, 6.45) is 0. The molecular weight excluding hydrogens is 242 g/mol. The van der Waals surface area contributed by atoms with Gasteiger partial charge in [-0.3, -0.25) is 0 Å². The topological polar surface area (TPSA) is 12.9 Å². The zero-order chi connectivity index (χ0) is 14.5. The molecule has 0 unspecified atom stereocenters. The lowest BCUT2D eigenvalue weighted by atomic mass is 9.80. The molecule has 20 heavy (non-hydrogen) atoms. The third kappa shape index (κ3) is 1.89.